The first kappa shape index (κ1) is 20.6. The van der Waals surface area contributed by atoms with Crippen LogP contribution in [0.2, 0.25) is 0 Å². The maximum Gasteiger partial charge on any atom is 0.338 e. The van der Waals surface area contributed by atoms with E-state index < -0.39 is 11.6 Å². The van der Waals surface area contributed by atoms with Gasteiger partial charge in [0, 0.05) is 11.3 Å². The Bertz CT molecular complexity index is 944. The Morgan fingerprint density at radius 1 is 1.10 bits per heavy atom. The number of hydrogen-bond acceptors (Lipinski definition) is 5. The zero-order chi connectivity index (χ0) is 21.2. The summed E-state index contributed by atoms with van der Waals surface area (Å²) >= 11 is 0. The maximum absolute atomic E-state index is 12.6. The molecule has 1 aliphatic rings. The third-order valence-corrected chi connectivity index (χ3v) is 4.44. The zero-order valence-corrected chi connectivity index (χ0v) is 17.1. The topological polar surface area (TPSA) is 81.7 Å². The first-order valence-corrected chi connectivity index (χ1v) is 9.59. The Hall–Kier alpha value is -3.15. The fourth-order valence-corrected chi connectivity index (χ4v) is 3.01. The standard InChI is InChI=1S/C23H25NO5/c1-14(2)13-28-22(27)15-5-8-17(9-6-15)24-21(26)16-7-10-20-18(11-16)19(25)12-23(3,4)29-20/h5-11,14H,12-13H2,1-4H3,(H,24,26). The molecule has 1 aliphatic heterocycles. The van der Waals surface area contributed by atoms with Gasteiger partial charge in [0.25, 0.3) is 5.91 Å². The molecule has 6 heteroatoms. The summed E-state index contributed by atoms with van der Waals surface area (Å²) in [5.41, 5.74) is 1.19. The first-order valence-electron chi connectivity index (χ1n) is 9.59. The van der Waals surface area contributed by atoms with Crippen molar-refractivity contribution >= 4 is 23.3 Å². The van der Waals surface area contributed by atoms with E-state index in [4.69, 9.17) is 9.47 Å². The molecule has 2 aromatic rings. The number of anilines is 1. The highest BCUT2D eigenvalue weighted by Crippen LogP contribution is 2.33. The van der Waals surface area contributed by atoms with E-state index >= 15 is 0 Å². The van der Waals surface area contributed by atoms with E-state index in [-0.39, 0.29) is 24.0 Å². The maximum atomic E-state index is 12.6. The SMILES string of the molecule is CC(C)COC(=O)c1ccc(NC(=O)c2ccc3c(c2)C(=O)CC(C)(C)O3)cc1. The van der Waals surface area contributed by atoms with Gasteiger partial charge in [0.1, 0.15) is 11.4 Å². The van der Waals surface area contributed by atoms with E-state index in [0.29, 0.717) is 34.7 Å². The molecule has 0 spiro atoms. The van der Waals surface area contributed by atoms with Gasteiger partial charge in [-0.1, -0.05) is 13.8 Å². The first-order chi connectivity index (χ1) is 13.6. The Balaban J connectivity index is 1.69. The molecule has 29 heavy (non-hydrogen) atoms. The Morgan fingerprint density at radius 3 is 2.41 bits per heavy atom. The number of ketones is 1. The van der Waals surface area contributed by atoms with Crippen molar-refractivity contribution < 1.29 is 23.9 Å². The predicted molar refractivity (Wildman–Crippen MR) is 110 cm³/mol. The number of nitrogens with one attached hydrogen (secondary N) is 1. The van der Waals surface area contributed by atoms with Crippen LogP contribution in [-0.2, 0) is 4.74 Å². The second-order valence-corrected chi connectivity index (χ2v) is 8.20. The number of amides is 1. The highest BCUT2D eigenvalue weighted by molar-refractivity contribution is 6.08. The van der Waals surface area contributed by atoms with Crippen LogP contribution < -0.4 is 10.1 Å². The molecule has 2 aromatic carbocycles. The van der Waals surface area contributed by atoms with Crippen LogP contribution in [0.3, 0.4) is 0 Å². The van der Waals surface area contributed by atoms with Crippen molar-refractivity contribution in [2.24, 2.45) is 5.92 Å². The zero-order valence-electron chi connectivity index (χ0n) is 17.1. The summed E-state index contributed by atoms with van der Waals surface area (Å²) in [7, 11) is 0. The van der Waals surface area contributed by atoms with Crippen LogP contribution in [0.15, 0.2) is 42.5 Å². The minimum atomic E-state index is -0.550. The molecule has 0 atom stereocenters. The molecule has 0 bridgehead atoms. The van der Waals surface area contributed by atoms with Crippen molar-refractivity contribution in [1.82, 2.24) is 0 Å². The van der Waals surface area contributed by atoms with E-state index in [0.717, 1.165) is 0 Å². The van der Waals surface area contributed by atoms with Gasteiger partial charge in [-0.25, -0.2) is 4.79 Å². The van der Waals surface area contributed by atoms with E-state index in [1.807, 2.05) is 27.7 Å². The van der Waals surface area contributed by atoms with Gasteiger partial charge in [-0.3, -0.25) is 9.59 Å². The Kier molecular flexibility index (Phi) is 5.73. The summed E-state index contributed by atoms with van der Waals surface area (Å²) in [4.78, 5) is 36.9. The number of benzene rings is 2. The average Bonchev–Trinajstić information content (AvgIpc) is 2.65. The van der Waals surface area contributed by atoms with E-state index in [1.54, 1.807) is 42.5 Å². The lowest BCUT2D eigenvalue weighted by Gasteiger charge is -2.31. The van der Waals surface area contributed by atoms with E-state index in [2.05, 4.69) is 5.32 Å². The van der Waals surface area contributed by atoms with Gasteiger partial charge in [0.05, 0.1) is 24.2 Å². The van der Waals surface area contributed by atoms with Crippen molar-refractivity contribution in [3.05, 3.63) is 59.2 Å². The third-order valence-electron chi connectivity index (χ3n) is 4.44. The van der Waals surface area contributed by atoms with Crippen molar-refractivity contribution in [2.45, 2.75) is 39.7 Å². The normalized spacial score (nSPS) is 14.7. The van der Waals surface area contributed by atoms with Gasteiger partial charge < -0.3 is 14.8 Å². The van der Waals surface area contributed by atoms with E-state index in [1.165, 1.54) is 0 Å². The average molecular weight is 395 g/mol. The Morgan fingerprint density at radius 2 is 1.76 bits per heavy atom. The molecule has 0 aromatic heterocycles. The number of ether oxygens (including phenoxy) is 2. The molecule has 6 nitrogen and oxygen atoms in total. The van der Waals surface area contributed by atoms with Gasteiger partial charge in [-0.15, -0.1) is 0 Å². The minimum Gasteiger partial charge on any atom is -0.487 e. The van der Waals surface area contributed by atoms with Gasteiger partial charge >= 0.3 is 5.97 Å². The van der Waals surface area contributed by atoms with Gasteiger partial charge in [-0.2, -0.15) is 0 Å². The van der Waals surface area contributed by atoms with Crippen molar-refractivity contribution in [3.63, 3.8) is 0 Å². The number of fused-ring (bicyclic) bond motifs is 1. The summed E-state index contributed by atoms with van der Waals surface area (Å²) in [6.45, 7) is 8.00. The smallest absolute Gasteiger partial charge is 0.338 e. The lowest BCUT2D eigenvalue weighted by atomic mass is 9.92. The van der Waals surface area contributed by atoms with Crippen LogP contribution in [0, 0.1) is 5.92 Å². The molecular weight excluding hydrogens is 370 g/mol. The molecule has 3 rings (SSSR count). The van der Waals surface area contributed by atoms with Crippen molar-refractivity contribution in [1.29, 1.82) is 0 Å². The monoisotopic (exact) mass is 395 g/mol. The molecule has 0 aliphatic carbocycles. The fraction of sp³-hybridized carbons (Fsp3) is 0.348. The number of rotatable bonds is 5. The number of carbonyl (C=O) groups excluding carboxylic acids is 3. The highest BCUT2D eigenvalue weighted by Gasteiger charge is 2.32. The van der Waals surface area contributed by atoms with Crippen LogP contribution in [-0.4, -0.2) is 29.9 Å². The summed E-state index contributed by atoms with van der Waals surface area (Å²) in [6, 6.07) is 11.3. The third kappa shape index (κ3) is 5.02. The molecule has 0 unspecified atom stereocenters. The summed E-state index contributed by atoms with van der Waals surface area (Å²) in [5.74, 6) is -0.0343. The van der Waals surface area contributed by atoms with Crippen LogP contribution in [0.4, 0.5) is 5.69 Å². The molecule has 1 N–H and O–H groups in total. The number of Topliss-reactive ketones (excluding diaryl/α,β-unsaturated/α-hetero) is 1. The van der Waals surface area contributed by atoms with Gasteiger partial charge in [-0.05, 0) is 62.2 Å². The summed E-state index contributed by atoms with van der Waals surface area (Å²) in [6.07, 6.45) is 0.263. The highest BCUT2D eigenvalue weighted by atomic mass is 16.5. The lowest BCUT2D eigenvalue weighted by molar-refractivity contribution is 0.0458. The lowest BCUT2D eigenvalue weighted by Crippen LogP contribution is -2.36. The molecule has 1 amide bonds. The van der Waals surface area contributed by atoms with Gasteiger partial charge in [0.2, 0.25) is 0 Å². The predicted octanol–water partition coefficient (Wildman–Crippen LogP) is 4.50. The minimum absolute atomic E-state index is 0.0461. The summed E-state index contributed by atoms with van der Waals surface area (Å²) < 4.78 is 11.0. The molecule has 0 radical (unpaired) electrons. The van der Waals surface area contributed by atoms with Crippen molar-refractivity contribution in [2.75, 3.05) is 11.9 Å². The van der Waals surface area contributed by atoms with Crippen molar-refractivity contribution in [3.8, 4) is 5.75 Å². The molecule has 0 saturated carbocycles. The Labute approximate surface area is 170 Å². The van der Waals surface area contributed by atoms with Crippen LogP contribution in [0.25, 0.3) is 0 Å². The molecule has 1 heterocycles. The number of hydrogen-bond donors (Lipinski definition) is 1. The largest absolute Gasteiger partial charge is 0.487 e. The summed E-state index contributed by atoms with van der Waals surface area (Å²) in [5, 5.41) is 2.77. The fourth-order valence-electron chi connectivity index (χ4n) is 3.01. The van der Waals surface area contributed by atoms with Crippen LogP contribution in [0.5, 0.6) is 5.75 Å². The number of esters is 1. The molecule has 0 saturated heterocycles. The second kappa shape index (κ2) is 8.07. The quantitative estimate of drug-likeness (QED) is 0.754. The molecule has 0 fully saturated rings. The van der Waals surface area contributed by atoms with Crippen LogP contribution in [0.1, 0.15) is 65.2 Å². The second-order valence-electron chi connectivity index (χ2n) is 8.20. The molecule has 152 valence electrons. The van der Waals surface area contributed by atoms with Gasteiger partial charge in [0.15, 0.2) is 5.78 Å². The molecular formula is C23H25NO5. The number of carbonyl (C=O) groups is 3. The van der Waals surface area contributed by atoms with E-state index in [9.17, 15) is 14.4 Å². The van der Waals surface area contributed by atoms with Crippen LogP contribution >= 0.6 is 0 Å².